The summed E-state index contributed by atoms with van der Waals surface area (Å²) in [6.45, 7) is 2.28. The molecule has 0 spiro atoms. The number of carboxylic acid groups (broad SMARTS) is 1. The fourth-order valence-corrected chi connectivity index (χ4v) is 2.20. The van der Waals surface area contributed by atoms with Gasteiger partial charge in [0.2, 0.25) is 0 Å². The predicted octanol–water partition coefficient (Wildman–Crippen LogP) is 2.79. The second-order valence-corrected chi connectivity index (χ2v) is 5.13. The van der Waals surface area contributed by atoms with Crippen molar-refractivity contribution < 1.29 is 14.6 Å². The van der Waals surface area contributed by atoms with Crippen molar-refractivity contribution in [3.8, 4) is 0 Å². The zero-order valence-electron chi connectivity index (χ0n) is 12.5. The third kappa shape index (κ3) is 6.08. The van der Waals surface area contributed by atoms with E-state index in [4.69, 9.17) is 9.84 Å². The Kier molecular flexibility index (Phi) is 6.61. The van der Waals surface area contributed by atoms with Gasteiger partial charge in [0.1, 0.15) is 0 Å². The van der Waals surface area contributed by atoms with E-state index in [9.17, 15) is 4.79 Å². The van der Waals surface area contributed by atoms with Gasteiger partial charge in [0.05, 0.1) is 19.8 Å². The molecular weight excluding hydrogens is 278 g/mol. The number of ether oxygens (including phenoxy) is 1. The number of aliphatic carboxylic acids is 1. The minimum atomic E-state index is -0.820. The molecule has 0 aliphatic rings. The van der Waals surface area contributed by atoms with Crippen molar-refractivity contribution in [3.05, 3.63) is 71.8 Å². The molecule has 0 radical (unpaired) electrons. The molecule has 22 heavy (non-hydrogen) atoms. The highest BCUT2D eigenvalue weighted by atomic mass is 16.5. The van der Waals surface area contributed by atoms with Gasteiger partial charge >= 0.3 is 5.97 Å². The smallest absolute Gasteiger partial charge is 0.317 e. The molecule has 0 aromatic heterocycles. The quantitative estimate of drug-likeness (QED) is 0.723. The lowest BCUT2D eigenvalue weighted by Crippen LogP contribution is -2.32. The number of hydrogen-bond acceptors (Lipinski definition) is 3. The van der Waals surface area contributed by atoms with E-state index < -0.39 is 5.97 Å². The summed E-state index contributed by atoms with van der Waals surface area (Å²) < 4.78 is 5.63. The average molecular weight is 299 g/mol. The molecule has 0 saturated carbocycles. The molecule has 0 aliphatic heterocycles. The first-order valence-electron chi connectivity index (χ1n) is 7.34. The summed E-state index contributed by atoms with van der Waals surface area (Å²) in [5.74, 6) is -0.820. The molecule has 0 atom stereocenters. The van der Waals surface area contributed by atoms with Crippen LogP contribution in [0.2, 0.25) is 0 Å². The topological polar surface area (TPSA) is 49.8 Å². The maximum Gasteiger partial charge on any atom is 0.317 e. The van der Waals surface area contributed by atoms with Gasteiger partial charge in [-0.2, -0.15) is 0 Å². The second kappa shape index (κ2) is 8.97. The molecule has 0 saturated heterocycles. The van der Waals surface area contributed by atoms with Crippen LogP contribution in [0.5, 0.6) is 0 Å². The zero-order valence-corrected chi connectivity index (χ0v) is 12.5. The van der Waals surface area contributed by atoms with Gasteiger partial charge in [-0.15, -0.1) is 0 Å². The molecule has 116 valence electrons. The van der Waals surface area contributed by atoms with Crippen LogP contribution in [-0.2, 0) is 22.7 Å². The molecule has 0 unspecified atom stereocenters. The van der Waals surface area contributed by atoms with Crippen molar-refractivity contribution in [1.82, 2.24) is 4.90 Å². The van der Waals surface area contributed by atoms with Crippen molar-refractivity contribution in [2.24, 2.45) is 0 Å². The van der Waals surface area contributed by atoms with E-state index in [-0.39, 0.29) is 6.54 Å². The van der Waals surface area contributed by atoms with E-state index in [0.29, 0.717) is 26.3 Å². The highest BCUT2D eigenvalue weighted by Crippen LogP contribution is 2.05. The first-order valence-corrected chi connectivity index (χ1v) is 7.34. The summed E-state index contributed by atoms with van der Waals surface area (Å²) in [5, 5.41) is 9.01. The Balaban J connectivity index is 1.78. The van der Waals surface area contributed by atoms with Crippen LogP contribution >= 0.6 is 0 Å². The molecule has 2 rings (SSSR count). The molecule has 0 amide bonds. The minimum absolute atomic E-state index is 0.0175. The maximum atomic E-state index is 11.0. The van der Waals surface area contributed by atoms with E-state index in [1.165, 1.54) is 0 Å². The minimum Gasteiger partial charge on any atom is -0.480 e. The van der Waals surface area contributed by atoms with Crippen LogP contribution in [0.15, 0.2) is 60.7 Å². The van der Waals surface area contributed by atoms with E-state index >= 15 is 0 Å². The maximum absolute atomic E-state index is 11.0. The van der Waals surface area contributed by atoms with Gasteiger partial charge < -0.3 is 9.84 Å². The highest BCUT2D eigenvalue weighted by molar-refractivity contribution is 5.69. The third-order valence-electron chi connectivity index (χ3n) is 3.27. The van der Waals surface area contributed by atoms with Crippen LogP contribution < -0.4 is 0 Å². The van der Waals surface area contributed by atoms with Gasteiger partial charge in [0.25, 0.3) is 0 Å². The monoisotopic (exact) mass is 299 g/mol. The summed E-state index contributed by atoms with van der Waals surface area (Å²) >= 11 is 0. The van der Waals surface area contributed by atoms with E-state index in [1.807, 2.05) is 65.6 Å². The number of carbonyl (C=O) groups is 1. The number of rotatable bonds is 9. The van der Waals surface area contributed by atoms with Crippen molar-refractivity contribution in [2.45, 2.75) is 13.2 Å². The van der Waals surface area contributed by atoms with Crippen molar-refractivity contribution >= 4 is 5.97 Å². The van der Waals surface area contributed by atoms with Crippen molar-refractivity contribution in [3.63, 3.8) is 0 Å². The molecule has 0 fully saturated rings. The number of hydrogen-bond donors (Lipinski definition) is 1. The van der Waals surface area contributed by atoms with Crippen LogP contribution in [0.25, 0.3) is 0 Å². The molecule has 1 N–H and O–H groups in total. The standard InChI is InChI=1S/C18H21NO3/c20-18(21)14-19(13-16-7-3-1-4-8-16)11-12-22-15-17-9-5-2-6-10-17/h1-10H,11-15H2,(H,20,21). The summed E-state index contributed by atoms with van der Waals surface area (Å²) in [7, 11) is 0. The summed E-state index contributed by atoms with van der Waals surface area (Å²) in [6, 6.07) is 19.8. The number of carboxylic acids is 1. The summed E-state index contributed by atoms with van der Waals surface area (Å²) in [6.07, 6.45) is 0. The summed E-state index contributed by atoms with van der Waals surface area (Å²) in [4.78, 5) is 12.8. The molecule has 4 heteroatoms. The molecule has 0 heterocycles. The van der Waals surface area contributed by atoms with Gasteiger partial charge in [-0.25, -0.2) is 0 Å². The Morgan fingerprint density at radius 1 is 0.955 bits per heavy atom. The number of benzene rings is 2. The largest absolute Gasteiger partial charge is 0.480 e. The molecule has 0 aliphatic carbocycles. The van der Waals surface area contributed by atoms with Gasteiger partial charge in [-0.1, -0.05) is 60.7 Å². The van der Waals surface area contributed by atoms with Gasteiger partial charge in [-0.3, -0.25) is 9.69 Å². The number of nitrogens with zero attached hydrogens (tertiary/aromatic N) is 1. The van der Waals surface area contributed by atoms with Crippen LogP contribution in [0.4, 0.5) is 0 Å². The van der Waals surface area contributed by atoms with E-state index in [1.54, 1.807) is 0 Å². The Bertz CT molecular complexity index is 557. The lowest BCUT2D eigenvalue weighted by Gasteiger charge is -2.20. The van der Waals surface area contributed by atoms with E-state index in [2.05, 4.69) is 0 Å². The second-order valence-electron chi connectivity index (χ2n) is 5.13. The van der Waals surface area contributed by atoms with Crippen LogP contribution in [0.3, 0.4) is 0 Å². The predicted molar refractivity (Wildman–Crippen MR) is 85.5 cm³/mol. The summed E-state index contributed by atoms with van der Waals surface area (Å²) in [5.41, 5.74) is 2.22. The first kappa shape index (κ1) is 16.2. The molecule has 0 bridgehead atoms. The normalized spacial score (nSPS) is 10.8. The highest BCUT2D eigenvalue weighted by Gasteiger charge is 2.10. The molecule has 4 nitrogen and oxygen atoms in total. The van der Waals surface area contributed by atoms with Gasteiger partial charge in [0, 0.05) is 13.1 Å². The van der Waals surface area contributed by atoms with Crippen LogP contribution in [-0.4, -0.2) is 35.7 Å². The fourth-order valence-electron chi connectivity index (χ4n) is 2.20. The molecule has 2 aromatic rings. The lowest BCUT2D eigenvalue weighted by molar-refractivity contribution is -0.138. The van der Waals surface area contributed by atoms with E-state index in [0.717, 1.165) is 11.1 Å². The molecule has 2 aromatic carbocycles. The zero-order chi connectivity index (χ0) is 15.6. The van der Waals surface area contributed by atoms with Gasteiger partial charge in [0.15, 0.2) is 0 Å². The van der Waals surface area contributed by atoms with Gasteiger partial charge in [-0.05, 0) is 11.1 Å². The van der Waals surface area contributed by atoms with Crippen LogP contribution in [0.1, 0.15) is 11.1 Å². The Hall–Kier alpha value is -2.17. The third-order valence-corrected chi connectivity index (χ3v) is 3.27. The Morgan fingerprint density at radius 2 is 1.55 bits per heavy atom. The molecular formula is C18H21NO3. The Morgan fingerprint density at radius 3 is 2.14 bits per heavy atom. The van der Waals surface area contributed by atoms with Crippen LogP contribution in [0, 0.1) is 0 Å². The Labute approximate surface area is 131 Å². The SMILES string of the molecule is O=C(O)CN(CCOCc1ccccc1)Cc1ccccc1. The lowest BCUT2D eigenvalue weighted by atomic mass is 10.2. The fraction of sp³-hybridized carbons (Fsp3) is 0.278. The van der Waals surface area contributed by atoms with Crippen molar-refractivity contribution in [1.29, 1.82) is 0 Å². The van der Waals surface area contributed by atoms with Crippen molar-refractivity contribution in [2.75, 3.05) is 19.7 Å². The first-order chi connectivity index (χ1) is 10.7. The average Bonchev–Trinajstić information content (AvgIpc) is 2.53.